The predicted molar refractivity (Wildman–Crippen MR) is 97.3 cm³/mol. The Morgan fingerprint density at radius 3 is 2.32 bits per heavy atom. The SMILES string of the molecule is COc1ccc(S(=O)(=O)N[C@@H](C)C(=O)Nc2cc(C)ccc2C)cc1. The van der Waals surface area contributed by atoms with Gasteiger partial charge in [-0.25, -0.2) is 8.42 Å². The highest BCUT2D eigenvalue weighted by atomic mass is 32.2. The third kappa shape index (κ3) is 4.80. The van der Waals surface area contributed by atoms with Crippen molar-refractivity contribution >= 4 is 21.6 Å². The Labute approximate surface area is 148 Å². The molecule has 0 saturated heterocycles. The molecule has 1 amide bonds. The van der Waals surface area contributed by atoms with Crippen molar-refractivity contribution in [2.75, 3.05) is 12.4 Å². The number of rotatable bonds is 6. The third-order valence-electron chi connectivity index (χ3n) is 3.75. The summed E-state index contributed by atoms with van der Waals surface area (Å²) in [6.07, 6.45) is 0. The van der Waals surface area contributed by atoms with E-state index in [2.05, 4.69) is 10.0 Å². The van der Waals surface area contributed by atoms with E-state index >= 15 is 0 Å². The topological polar surface area (TPSA) is 84.5 Å². The highest BCUT2D eigenvalue weighted by Gasteiger charge is 2.22. The first-order valence-corrected chi connectivity index (χ1v) is 9.26. The predicted octanol–water partition coefficient (Wildman–Crippen LogP) is 2.62. The zero-order chi connectivity index (χ0) is 18.6. The molecule has 0 fully saturated rings. The van der Waals surface area contributed by atoms with E-state index in [4.69, 9.17) is 4.74 Å². The van der Waals surface area contributed by atoms with E-state index in [9.17, 15) is 13.2 Å². The number of carbonyl (C=O) groups is 1. The van der Waals surface area contributed by atoms with Crippen LogP contribution in [0.1, 0.15) is 18.1 Å². The Balaban J connectivity index is 2.10. The normalized spacial score (nSPS) is 12.5. The lowest BCUT2D eigenvalue weighted by Gasteiger charge is -2.16. The fourth-order valence-corrected chi connectivity index (χ4v) is 3.42. The summed E-state index contributed by atoms with van der Waals surface area (Å²) in [7, 11) is -2.31. The van der Waals surface area contributed by atoms with Crippen LogP contribution in [0.4, 0.5) is 5.69 Å². The zero-order valence-corrected chi connectivity index (χ0v) is 15.5. The maximum atomic E-state index is 12.4. The van der Waals surface area contributed by atoms with Crippen molar-refractivity contribution in [3.8, 4) is 5.75 Å². The lowest BCUT2D eigenvalue weighted by Crippen LogP contribution is -2.41. The molecule has 0 radical (unpaired) electrons. The van der Waals surface area contributed by atoms with Gasteiger partial charge in [0.05, 0.1) is 18.0 Å². The molecule has 2 rings (SSSR count). The van der Waals surface area contributed by atoms with Gasteiger partial charge < -0.3 is 10.1 Å². The van der Waals surface area contributed by atoms with Gasteiger partial charge in [0.2, 0.25) is 15.9 Å². The van der Waals surface area contributed by atoms with Crippen LogP contribution in [0.15, 0.2) is 47.4 Å². The Kier molecular flexibility index (Phi) is 5.81. The van der Waals surface area contributed by atoms with Gasteiger partial charge in [-0.2, -0.15) is 4.72 Å². The van der Waals surface area contributed by atoms with Gasteiger partial charge in [-0.15, -0.1) is 0 Å². The Morgan fingerprint density at radius 1 is 1.08 bits per heavy atom. The number of hydrogen-bond donors (Lipinski definition) is 2. The van der Waals surface area contributed by atoms with Crippen molar-refractivity contribution in [1.29, 1.82) is 0 Å². The number of nitrogens with one attached hydrogen (secondary N) is 2. The molecule has 1 atom stereocenters. The lowest BCUT2D eigenvalue weighted by atomic mass is 10.1. The van der Waals surface area contributed by atoms with Crippen LogP contribution in [0.25, 0.3) is 0 Å². The molecule has 0 aliphatic carbocycles. The first-order chi connectivity index (χ1) is 11.7. The summed E-state index contributed by atoms with van der Waals surface area (Å²) in [5.41, 5.74) is 2.58. The van der Waals surface area contributed by atoms with Gasteiger partial charge in [-0.3, -0.25) is 4.79 Å². The molecule has 2 aromatic carbocycles. The molecule has 0 saturated carbocycles. The second kappa shape index (κ2) is 7.67. The number of amides is 1. The number of benzene rings is 2. The largest absolute Gasteiger partial charge is 0.497 e. The highest BCUT2D eigenvalue weighted by molar-refractivity contribution is 7.89. The van der Waals surface area contributed by atoms with Crippen molar-refractivity contribution in [1.82, 2.24) is 4.72 Å². The quantitative estimate of drug-likeness (QED) is 0.827. The smallest absolute Gasteiger partial charge is 0.242 e. The Morgan fingerprint density at radius 2 is 1.72 bits per heavy atom. The zero-order valence-electron chi connectivity index (χ0n) is 14.7. The standard InChI is InChI=1S/C18H22N2O4S/c1-12-5-6-13(2)17(11-12)19-18(21)14(3)20-25(22,23)16-9-7-15(24-4)8-10-16/h5-11,14,20H,1-4H3,(H,19,21)/t14-/m0/s1. The molecule has 0 spiro atoms. The summed E-state index contributed by atoms with van der Waals surface area (Å²) in [5.74, 6) is 0.130. The summed E-state index contributed by atoms with van der Waals surface area (Å²) in [6.45, 7) is 5.30. The molecule has 0 heterocycles. The third-order valence-corrected chi connectivity index (χ3v) is 5.30. The van der Waals surface area contributed by atoms with Crippen LogP contribution in [-0.2, 0) is 14.8 Å². The van der Waals surface area contributed by atoms with Crippen molar-refractivity contribution < 1.29 is 17.9 Å². The van der Waals surface area contributed by atoms with E-state index in [0.717, 1.165) is 11.1 Å². The number of sulfonamides is 1. The molecular weight excluding hydrogens is 340 g/mol. The molecule has 0 bridgehead atoms. The monoisotopic (exact) mass is 362 g/mol. The van der Waals surface area contributed by atoms with Gasteiger partial charge in [-0.05, 0) is 62.2 Å². The number of carbonyl (C=O) groups excluding carboxylic acids is 1. The minimum atomic E-state index is -3.81. The molecule has 25 heavy (non-hydrogen) atoms. The first kappa shape index (κ1) is 19.0. The number of anilines is 1. The average Bonchev–Trinajstić information content (AvgIpc) is 2.57. The van der Waals surface area contributed by atoms with Crippen LogP contribution >= 0.6 is 0 Å². The van der Waals surface area contributed by atoms with Crippen molar-refractivity contribution in [2.24, 2.45) is 0 Å². The van der Waals surface area contributed by atoms with Crippen molar-refractivity contribution in [3.63, 3.8) is 0 Å². The minimum Gasteiger partial charge on any atom is -0.497 e. The summed E-state index contributed by atoms with van der Waals surface area (Å²) in [5, 5.41) is 2.76. The van der Waals surface area contributed by atoms with E-state index in [-0.39, 0.29) is 4.90 Å². The molecule has 6 nitrogen and oxygen atoms in total. The van der Waals surface area contributed by atoms with Crippen LogP contribution in [-0.4, -0.2) is 27.5 Å². The maximum absolute atomic E-state index is 12.4. The summed E-state index contributed by atoms with van der Waals surface area (Å²) >= 11 is 0. The van der Waals surface area contributed by atoms with E-state index < -0.39 is 22.0 Å². The van der Waals surface area contributed by atoms with Gasteiger partial charge in [0, 0.05) is 5.69 Å². The molecule has 2 aromatic rings. The van der Waals surface area contributed by atoms with E-state index in [1.807, 2.05) is 32.0 Å². The van der Waals surface area contributed by atoms with Gasteiger partial charge in [0.1, 0.15) is 5.75 Å². The number of ether oxygens (including phenoxy) is 1. The van der Waals surface area contributed by atoms with Crippen LogP contribution < -0.4 is 14.8 Å². The summed E-state index contributed by atoms with van der Waals surface area (Å²) < 4.78 is 32.2. The van der Waals surface area contributed by atoms with E-state index in [1.165, 1.54) is 26.2 Å². The summed E-state index contributed by atoms with van der Waals surface area (Å²) in [6, 6.07) is 10.7. The number of methoxy groups -OCH3 is 1. The molecule has 0 aromatic heterocycles. The molecular formula is C18H22N2O4S. The molecule has 134 valence electrons. The molecule has 0 unspecified atom stereocenters. The minimum absolute atomic E-state index is 0.0692. The number of aryl methyl sites for hydroxylation is 2. The van der Waals surface area contributed by atoms with E-state index in [1.54, 1.807) is 12.1 Å². The van der Waals surface area contributed by atoms with Crippen LogP contribution in [0.3, 0.4) is 0 Å². The molecule has 0 aliphatic rings. The van der Waals surface area contributed by atoms with Crippen molar-refractivity contribution in [3.05, 3.63) is 53.6 Å². The summed E-state index contributed by atoms with van der Waals surface area (Å²) in [4.78, 5) is 12.4. The Bertz CT molecular complexity index is 861. The van der Waals surface area contributed by atoms with Crippen LogP contribution in [0.5, 0.6) is 5.75 Å². The highest BCUT2D eigenvalue weighted by Crippen LogP contribution is 2.18. The van der Waals surface area contributed by atoms with Crippen LogP contribution in [0.2, 0.25) is 0 Å². The fraction of sp³-hybridized carbons (Fsp3) is 0.278. The van der Waals surface area contributed by atoms with Gasteiger partial charge >= 0.3 is 0 Å². The second-order valence-electron chi connectivity index (χ2n) is 5.83. The number of hydrogen-bond acceptors (Lipinski definition) is 4. The molecule has 0 aliphatic heterocycles. The van der Waals surface area contributed by atoms with Gasteiger partial charge in [0.15, 0.2) is 0 Å². The molecule has 2 N–H and O–H groups in total. The van der Waals surface area contributed by atoms with Gasteiger partial charge in [0.25, 0.3) is 0 Å². The average molecular weight is 362 g/mol. The lowest BCUT2D eigenvalue weighted by molar-refractivity contribution is -0.117. The van der Waals surface area contributed by atoms with Crippen LogP contribution in [0, 0.1) is 13.8 Å². The second-order valence-corrected chi connectivity index (χ2v) is 7.54. The fourth-order valence-electron chi connectivity index (χ4n) is 2.22. The van der Waals surface area contributed by atoms with Gasteiger partial charge in [-0.1, -0.05) is 12.1 Å². The van der Waals surface area contributed by atoms with E-state index in [0.29, 0.717) is 11.4 Å². The van der Waals surface area contributed by atoms with Crippen molar-refractivity contribution in [2.45, 2.75) is 31.7 Å². The molecule has 7 heteroatoms. The maximum Gasteiger partial charge on any atom is 0.242 e. The first-order valence-electron chi connectivity index (χ1n) is 7.77. The Hall–Kier alpha value is -2.38.